The number of pyridine rings is 1. The Bertz CT molecular complexity index is 647. The number of halogens is 1. The van der Waals surface area contributed by atoms with E-state index in [0.29, 0.717) is 5.52 Å². The van der Waals surface area contributed by atoms with Crippen LogP contribution in [-0.4, -0.2) is 21.2 Å². The van der Waals surface area contributed by atoms with Crippen LogP contribution in [0.4, 0.5) is 0 Å². The highest BCUT2D eigenvalue weighted by molar-refractivity contribution is 6.34. The maximum atomic E-state index is 11.3. The lowest BCUT2D eigenvalue weighted by Crippen LogP contribution is -2.13. The van der Waals surface area contributed by atoms with Crippen molar-refractivity contribution in [3.63, 3.8) is 0 Å². The predicted octanol–water partition coefficient (Wildman–Crippen LogP) is 1.59. The third kappa shape index (κ3) is 1.51. The zero-order valence-corrected chi connectivity index (χ0v) is 8.58. The molecule has 0 radical (unpaired) electrons. The van der Waals surface area contributed by atoms with Gasteiger partial charge < -0.3 is 15.2 Å². The number of aromatic nitrogens is 1. The van der Waals surface area contributed by atoms with Gasteiger partial charge in [0.2, 0.25) is 0 Å². The lowest BCUT2D eigenvalue weighted by atomic mass is 10.1. The van der Waals surface area contributed by atoms with Crippen molar-refractivity contribution in [2.75, 3.05) is 0 Å². The van der Waals surface area contributed by atoms with Crippen molar-refractivity contribution >= 4 is 28.5 Å². The van der Waals surface area contributed by atoms with Crippen molar-refractivity contribution in [3.8, 4) is 5.75 Å². The van der Waals surface area contributed by atoms with E-state index in [1.54, 1.807) is 0 Å². The second-order valence-electron chi connectivity index (χ2n) is 3.18. The first-order valence-electron chi connectivity index (χ1n) is 4.28. The molecule has 0 fully saturated rings. The van der Waals surface area contributed by atoms with Crippen LogP contribution in [0.3, 0.4) is 0 Å². The van der Waals surface area contributed by atoms with E-state index in [2.05, 4.69) is 4.98 Å². The van der Waals surface area contributed by atoms with Gasteiger partial charge in [-0.25, -0.2) is 4.79 Å². The summed E-state index contributed by atoms with van der Waals surface area (Å²) in [6.07, 6.45) is 0. The standard InChI is InChI=1S/C10H6ClNO4/c11-8-7(10(15)16)5-3-4(13)1-2-6(5)12-9(8)14/h1-3,13H,(H,12,14)(H,15,16). The summed E-state index contributed by atoms with van der Waals surface area (Å²) in [5, 5.41) is 18.0. The average Bonchev–Trinajstić information content (AvgIpc) is 2.20. The van der Waals surface area contributed by atoms with Crippen molar-refractivity contribution in [3.05, 3.63) is 39.1 Å². The van der Waals surface area contributed by atoms with E-state index in [0.717, 1.165) is 0 Å². The van der Waals surface area contributed by atoms with Crippen LogP contribution in [0.1, 0.15) is 10.4 Å². The van der Waals surface area contributed by atoms with Gasteiger partial charge in [0.15, 0.2) is 0 Å². The highest BCUT2D eigenvalue weighted by Crippen LogP contribution is 2.24. The second-order valence-corrected chi connectivity index (χ2v) is 3.56. The number of carbonyl (C=O) groups is 1. The third-order valence-corrected chi connectivity index (χ3v) is 2.51. The number of phenolic OH excluding ortho intramolecular Hbond substituents is 1. The Morgan fingerprint density at radius 3 is 2.69 bits per heavy atom. The molecule has 1 aromatic carbocycles. The molecule has 5 nitrogen and oxygen atoms in total. The van der Waals surface area contributed by atoms with Gasteiger partial charge in [0.25, 0.3) is 5.56 Å². The zero-order valence-electron chi connectivity index (χ0n) is 7.82. The Balaban J connectivity index is 3.02. The molecule has 2 rings (SSSR count). The van der Waals surface area contributed by atoms with Crippen LogP contribution in [0.15, 0.2) is 23.0 Å². The van der Waals surface area contributed by atoms with Gasteiger partial charge in [-0.15, -0.1) is 0 Å². The summed E-state index contributed by atoms with van der Waals surface area (Å²) in [5.74, 6) is -1.41. The fourth-order valence-electron chi connectivity index (χ4n) is 1.47. The number of hydrogen-bond acceptors (Lipinski definition) is 3. The Labute approximate surface area is 93.9 Å². The highest BCUT2D eigenvalue weighted by atomic mass is 35.5. The molecular formula is C10H6ClNO4. The number of benzene rings is 1. The van der Waals surface area contributed by atoms with Crippen molar-refractivity contribution < 1.29 is 15.0 Å². The molecule has 0 amide bonds. The molecule has 82 valence electrons. The summed E-state index contributed by atoms with van der Waals surface area (Å²) in [6, 6.07) is 3.99. The van der Waals surface area contributed by atoms with Gasteiger partial charge in [-0.2, -0.15) is 0 Å². The minimum Gasteiger partial charge on any atom is -0.508 e. The molecule has 6 heteroatoms. The number of aromatic amines is 1. The van der Waals surface area contributed by atoms with Gasteiger partial charge >= 0.3 is 5.97 Å². The topological polar surface area (TPSA) is 90.4 Å². The van der Waals surface area contributed by atoms with Gasteiger partial charge in [0.05, 0.1) is 5.56 Å². The monoisotopic (exact) mass is 239 g/mol. The number of phenols is 1. The molecule has 0 atom stereocenters. The minimum atomic E-state index is -1.31. The number of nitrogens with one attached hydrogen (secondary N) is 1. The summed E-state index contributed by atoms with van der Waals surface area (Å²) in [4.78, 5) is 24.7. The molecule has 16 heavy (non-hydrogen) atoms. The quantitative estimate of drug-likeness (QED) is 0.705. The zero-order chi connectivity index (χ0) is 11.9. The van der Waals surface area contributed by atoms with Gasteiger partial charge in [-0.05, 0) is 18.2 Å². The number of fused-ring (bicyclic) bond motifs is 1. The van der Waals surface area contributed by atoms with Gasteiger partial charge in [-0.1, -0.05) is 11.6 Å². The number of aromatic carboxylic acids is 1. The first-order chi connectivity index (χ1) is 7.50. The molecule has 2 aromatic rings. The Morgan fingerprint density at radius 2 is 2.06 bits per heavy atom. The Kier molecular flexibility index (Phi) is 2.32. The van der Waals surface area contributed by atoms with Gasteiger partial charge in [0, 0.05) is 10.9 Å². The second kappa shape index (κ2) is 3.53. The van der Waals surface area contributed by atoms with E-state index in [4.69, 9.17) is 16.7 Å². The van der Waals surface area contributed by atoms with Crippen molar-refractivity contribution in [1.29, 1.82) is 0 Å². The summed E-state index contributed by atoms with van der Waals surface area (Å²) in [5.41, 5.74) is -0.668. The molecule has 0 aliphatic rings. The predicted molar refractivity (Wildman–Crippen MR) is 58.2 cm³/mol. The SMILES string of the molecule is O=C(O)c1c(Cl)c(=O)[nH]c2ccc(O)cc12. The van der Waals surface area contributed by atoms with E-state index in [9.17, 15) is 14.7 Å². The van der Waals surface area contributed by atoms with Crippen molar-refractivity contribution in [2.45, 2.75) is 0 Å². The summed E-state index contributed by atoms with van der Waals surface area (Å²) >= 11 is 5.61. The lowest BCUT2D eigenvalue weighted by Gasteiger charge is -2.04. The normalized spacial score (nSPS) is 10.6. The van der Waals surface area contributed by atoms with Crippen LogP contribution in [0, 0.1) is 0 Å². The lowest BCUT2D eigenvalue weighted by molar-refractivity contribution is 0.0699. The molecule has 0 bridgehead atoms. The largest absolute Gasteiger partial charge is 0.508 e. The molecule has 0 spiro atoms. The van der Waals surface area contributed by atoms with Crippen LogP contribution in [0.5, 0.6) is 5.75 Å². The smallest absolute Gasteiger partial charge is 0.338 e. The number of carboxylic acids is 1. The van der Waals surface area contributed by atoms with E-state index < -0.39 is 16.6 Å². The molecule has 0 aliphatic heterocycles. The molecule has 3 N–H and O–H groups in total. The molecule has 0 saturated carbocycles. The van der Waals surface area contributed by atoms with Crippen LogP contribution < -0.4 is 5.56 Å². The molecule has 0 unspecified atom stereocenters. The molecule has 0 aliphatic carbocycles. The molecule has 0 saturated heterocycles. The molecule has 1 heterocycles. The molecular weight excluding hydrogens is 234 g/mol. The highest BCUT2D eigenvalue weighted by Gasteiger charge is 2.17. The fraction of sp³-hybridized carbons (Fsp3) is 0. The van der Waals surface area contributed by atoms with E-state index in [1.807, 2.05) is 0 Å². The first kappa shape index (κ1) is 10.5. The summed E-state index contributed by atoms with van der Waals surface area (Å²) in [7, 11) is 0. The number of H-pyrrole nitrogens is 1. The Hall–Kier alpha value is -2.01. The maximum Gasteiger partial charge on any atom is 0.338 e. The maximum absolute atomic E-state index is 11.3. The van der Waals surface area contributed by atoms with Crippen LogP contribution in [0.2, 0.25) is 5.02 Å². The van der Waals surface area contributed by atoms with Gasteiger partial charge in [-0.3, -0.25) is 4.79 Å². The summed E-state index contributed by atoms with van der Waals surface area (Å²) in [6.45, 7) is 0. The molecule has 1 aromatic heterocycles. The third-order valence-electron chi connectivity index (χ3n) is 2.15. The first-order valence-corrected chi connectivity index (χ1v) is 4.66. The Morgan fingerprint density at radius 1 is 1.38 bits per heavy atom. The number of rotatable bonds is 1. The van der Waals surface area contributed by atoms with Crippen LogP contribution in [-0.2, 0) is 0 Å². The van der Waals surface area contributed by atoms with Gasteiger partial charge in [0.1, 0.15) is 10.8 Å². The summed E-state index contributed by atoms with van der Waals surface area (Å²) < 4.78 is 0. The van der Waals surface area contributed by atoms with Crippen molar-refractivity contribution in [2.24, 2.45) is 0 Å². The van der Waals surface area contributed by atoms with E-state index in [-0.39, 0.29) is 16.7 Å². The number of hydrogen-bond donors (Lipinski definition) is 3. The van der Waals surface area contributed by atoms with E-state index in [1.165, 1.54) is 18.2 Å². The fourth-order valence-corrected chi connectivity index (χ4v) is 1.70. The van der Waals surface area contributed by atoms with E-state index >= 15 is 0 Å². The van der Waals surface area contributed by atoms with Crippen molar-refractivity contribution in [1.82, 2.24) is 4.98 Å². The number of carboxylic acid groups (broad SMARTS) is 1. The average molecular weight is 240 g/mol. The van der Waals surface area contributed by atoms with Crippen LogP contribution in [0.25, 0.3) is 10.9 Å². The number of aromatic hydroxyl groups is 1. The van der Waals surface area contributed by atoms with Crippen LogP contribution >= 0.6 is 11.6 Å². The minimum absolute atomic E-state index is 0.0990.